The van der Waals surface area contributed by atoms with Crippen molar-refractivity contribution in [1.29, 1.82) is 0 Å². The zero-order valence-corrected chi connectivity index (χ0v) is 18.5. The number of carbonyl (C=O) groups is 3. The van der Waals surface area contributed by atoms with Crippen LogP contribution in [0.1, 0.15) is 18.9 Å². The zero-order valence-electron chi connectivity index (χ0n) is 17.7. The summed E-state index contributed by atoms with van der Waals surface area (Å²) >= 11 is 0. The molecule has 0 aliphatic heterocycles. The van der Waals surface area contributed by atoms with Crippen LogP contribution in [-0.2, 0) is 35.4 Å². The molecule has 10 heteroatoms. The van der Waals surface area contributed by atoms with Crippen molar-refractivity contribution in [2.75, 3.05) is 12.9 Å². The Morgan fingerprint density at radius 3 is 2.16 bits per heavy atom. The van der Waals surface area contributed by atoms with Gasteiger partial charge in [-0.05, 0) is 36.2 Å². The maximum absolute atomic E-state index is 13.1. The molecule has 2 amide bonds. The van der Waals surface area contributed by atoms with Gasteiger partial charge < -0.3 is 15.4 Å². The SMILES string of the molecule is COC(=O)[C@@H](CCS(=O)(=O)c1ccccc1)NC(=O)[C@H](Cc1ccc(F)cc1)NC(C)=O. The second kappa shape index (κ2) is 11.4. The fraction of sp³-hybridized carbons (Fsp3) is 0.318. The van der Waals surface area contributed by atoms with Gasteiger partial charge in [-0.2, -0.15) is 0 Å². The van der Waals surface area contributed by atoms with Gasteiger partial charge in [-0.25, -0.2) is 17.6 Å². The molecule has 0 aliphatic carbocycles. The summed E-state index contributed by atoms with van der Waals surface area (Å²) in [5.41, 5.74) is 0.585. The lowest BCUT2D eigenvalue weighted by Crippen LogP contribution is -2.52. The highest BCUT2D eigenvalue weighted by Gasteiger charge is 2.28. The number of sulfone groups is 1. The number of nitrogens with one attached hydrogen (secondary N) is 2. The average Bonchev–Trinajstić information content (AvgIpc) is 2.77. The van der Waals surface area contributed by atoms with E-state index in [1.165, 1.54) is 43.3 Å². The highest BCUT2D eigenvalue weighted by atomic mass is 32.2. The van der Waals surface area contributed by atoms with Gasteiger partial charge in [0.15, 0.2) is 9.84 Å². The molecule has 8 nitrogen and oxygen atoms in total. The number of hydrogen-bond acceptors (Lipinski definition) is 6. The van der Waals surface area contributed by atoms with Gasteiger partial charge in [0.1, 0.15) is 17.9 Å². The van der Waals surface area contributed by atoms with Gasteiger partial charge in [0.2, 0.25) is 11.8 Å². The van der Waals surface area contributed by atoms with Crippen LogP contribution in [-0.4, -0.2) is 51.1 Å². The Bertz CT molecular complexity index is 1040. The monoisotopic (exact) mass is 464 g/mol. The maximum Gasteiger partial charge on any atom is 0.328 e. The minimum atomic E-state index is -3.69. The van der Waals surface area contributed by atoms with Crippen LogP contribution >= 0.6 is 0 Å². The maximum atomic E-state index is 13.1. The Morgan fingerprint density at radius 1 is 0.969 bits per heavy atom. The normalized spacial score (nSPS) is 13.0. The summed E-state index contributed by atoms with van der Waals surface area (Å²) < 4.78 is 42.9. The first-order valence-electron chi connectivity index (χ1n) is 9.80. The summed E-state index contributed by atoms with van der Waals surface area (Å²) in [5, 5.41) is 4.95. The minimum Gasteiger partial charge on any atom is -0.467 e. The predicted octanol–water partition coefficient (Wildman–Crippen LogP) is 1.39. The lowest BCUT2D eigenvalue weighted by atomic mass is 10.0. The molecule has 0 aliphatic rings. The fourth-order valence-electron chi connectivity index (χ4n) is 2.99. The van der Waals surface area contributed by atoms with Gasteiger partial charge >= 0.3 is 5.97 Å². The minimum absolute atomic E-state index is 0.0436. The lowest BCUT2D eigenvalue weighted by Gasteiger charge is -2.22. The van der Waals surface area contributed by atoms with E-state index in [0.29, 0.717) is 5.56 Å². The second-order valence-corrected chi connectivity index (χ2v) is 9.20. The van der Waals surface area contributed by atoms with Crippen LogP contribution in [0.25, 0.3) is 0 Å². The third-order valence-electron chi connectivity index (χ3n) is 4.63. The van der Waals surface area contributed by atoms with E-state index in [9.17, 15) is 27.2 Å². The molecule has 0 bridgehead atoms. The van der Waals surface area contributed by atoms with E-state index in [2.05, 4.69) is 10.6 Å². The van der Waals surface area contributed by atoms with Crippen molar-refractivity contribution in [3.8, 4) is 0 Å². The molecule has 0 spiro atoms. The van der Waals surface area contributed by atoms with Crippen LogP contribution in [0.3, 0.4) is 0 Å². The van der Waals surface area contributed by atoms with Crippen LogP contribution in [0.5, 0.6) is 0 Å². The van der Waals surface area contributed by atoms with Gasteiger partial charge in [-0.15, -0.1) is 0 Å². The van der Waals surface area contributed by atoms with E-state index < -0.39 is 51.3 Å². The number of carbonyl (C=O) groups excluding carboxylic acids is 3. The van der Waals surface area contributed by atoms with E-state index >= 15 is 0 Å². The summed E-state index contributed by atoms with van der Waals surface area (Å²) in [7, 11) is -2.57. The van der Waals surface area contributed by atoms with E-state index in [4.69, 9.17) is 4.74 Å². The molecule has 2 atom stereocenters. The first-order valence-corrected chi connectivity index (χ1v) is 11.4. The molecule has 172 valence electrons. The van der Waals surface area contributed by atoms with Crippen LogP contribution in [0.2, 0.25) is 0 Å². The molecular weight excluding hydrogens is 439 g/mol. The number of benzene rings is 2. The third-order valence-corrected chi connectivity index (χ3v) is 6.39. The Labute approximate surface area is 186 Å². The molecule has 0 saturated carbocycles. The molecule has 32 heavy (non-hydrogen) atoms. The number of rotatable bonds is 10. The average molecular weight is 465 g/mol. The van der Waals surface area contributed by atoms with E-state index in [1.54, 1.807) is 18.2 Å². The first kappa shape index (κ1) is 25.0. The fourth-order valence-corrected chi connectivity index (χ4v) is 4.35. The molecule has 2 N–H and O–H groups in total. The first-order chi connectivity index (χ1) is 15.1. The summed E-state index contributed by atoms with van der Waals surface area (Å²) in [6.45, 7) is 1.23. The summed E-state index contributed by atoms with van der Waals surface area (Å²) in [6.07, 6.45) is -0.180. The van der Waals surface area contributed by atoms with Crippen LogP contribution in [0, 0.1) is 5.82 Å². The van der Waals surface area contributed by atoms with Crippen molar-refractivity contribution in [2.24, 2.45) is 0 Å². The highest BCUT2D eigenvalue weighted by Crippen LogP contribution is 2.13. The molecule has 0 aromatic heterocycles. The van der Waals surface area contributed by atoms with Gasteiger partial charge in [0.05, 0.1) is 17.8 Å². The number of ether oxygens (including phenoxy) is 1. The molecule has 0 fully saturated rings. The molecule has 0 unspecified atom stereocenters. The predicted molar refractivity (Wildman–Crippen MR) is 115 cm³/mol. The topological polar surface area (TPSA) is 119 Å². The number of amides is 2. The molecule has 0 heterocycles. The smallest absolute Gasteiger partial charge is 0.328 e. The molecule has 2 rings (SSSR count). The highest BCUT2D eigenvalue weighted by molar-refractivity contribution is 7.91. The van der Waals surface area contributed by atoms with Crippen molar-refractivity contribution in [1.82, 2.24) is 10.6 Å². The van der Waals surface area contributed by atoms with Gasteiger partial charge in [0, 0.05) is 13.3 Å². The number of methoxy groups -OCH3 is 1. The van der Waals surface area contributed by atoms with Crippen molar-refractivity contribution >= 4 is 27.6 Å². The van der Waals surface area contributed by atoms with Crippen molar-refractivity contribution < 1.29 is 31.9 Å². The quantitative estimate of drug-likeness (QED) is 0.513. The van der Waals surface area contributed by atoms with Gasteiger partial charge in [0.25, 0.3) is 0 Å². The van der Waals surface area contributed by atoms with Crippen LogP contribution < -0.4 is 10.6 Å². The number of esters is 1. The van der Waals surface area contributed by atoms with Crippen LogP contribution in [0.4, 0.5) is 4.39 Å². The standard InChI is InChI=1S/C22H25FN2O6S/c1-15(26)24-20(14-16-8-10-17(23)11-9-16)21(27)25-19(22(28)31-2)12-13-32(29,30)18-6-4-3-5-7-18/h3-11,19-20H,12-14H2,1-2H3,(H,24,26)(H,25,27)/t19-,20+/m1/s1. The van der Waals surface area contributed by atoms with Crippen LogP contribution in [0.15, 0.2) is 59.5 Å². The van der Waals surface area contributed by atoms with Gasteiger partial charge in [-0.3, -0.25) is 9.59 Å². The Kier molecular flexibility index (Phi) is 8.89. The Morgan fingerprint density at radius 2 is 1.59 bits per heavy atom. The Hall–Kier alpha value is -3.27. The second-order valence-electron chi connectivity index (χ2n) is 7.09. The largest absolute Gasteiger partial charge is 0.467 e. The van der Waals surface area contributed by atoms with Crippen molar-refractivity contribution in [3.05, 3.63) is 66.0 Å². The molecule has 0 radical (unpaired) electrons. The Balaban J connectivity index is 2.13. The molecule has 2 aromatic carbocycles. The lowest BCUT2D eigenvalue weighted by molar-refractivity contribution is -0.145. The van der Waals surface area contributed by atoms with E-state index in [-0.39, 0.29) is 17.7 Å². The molecule has 0 saturated heterocycles. The van der Waals surface area contributed by atoms with Gasteiger partial charge in [-0.1, -0.05) is 30.3 Å². The van der Waals surface area contributed by atoms with E-state index in [0.717, 1.165) is 7.11 Å². The zero-order chi connectivity index (χ0) is 23.7. The number of hydrogen-bond donors (Lipinski definition) is 2. The van der Waals surface area contributed by atoms with Crippen molar-refractivity contribution in [2.45, 2.75) is 36.7 Å². The third kappa shape index (κ3) is 7.45. The summed E-state index contributed by atoms with van der Waals surface area (Å²) in [6, 6.07) is 10.8. The van der Waals surface area contributed by atoms with E-state index in [1.807, 2.05) is 0 Å². The summed E-state index contributed by atoms with van der Waals surface area (Å²) in [5.74, 6) is -2.84. The molecular formula is C22H25FN2O6S. The summed E-state index contributed by atoms with van der Waals surface area (Å²) in [4.78, 5) is 36.7. The molecule has 2 aromatic rings. The van der Waals surface area contributed by atoms with Crippen molar-refractivity contribution in [3.63, 3.8) is 0 Å². The number of halogens is 1.